The average molecular weight is 399 g/mol. The maximum Gasteiger partial charge on any atom is 0.261 e. The Balaban J connectivity index is 1.72. The molecule has 0 unspecified atom stereocenters. The van der Waals surface area contributed by atoms with Crippen LogP contribution in [0.15, 0.2) is 42.5 Å². The molecule has 0 aromatic heterocycles. The largest absolute Gasteiger partial charge is 0.282 e. The summed E-state index contributed by atoms with van der Waals surface area (Å²) in [4.78, 5) is 25.4. The number of nitrogens with one attached hydrogen (secondary N) is 1. The van der Waals surface area contributed by atoms with Gasteiger partial charge in [-0.2, -0.15) is 0 Å². The molecule has 1 N–H and O–H groups in total. The van der Waals surface area contributed by atoms with Gasteiger partial charge in [-0.15, -0.1) is 0 Å². The van der Waals surface area contributed by atoms with Gasteiger partial charge in [-0.05, 0) is 30.3 Å². The lowest BCUT2D eigenvalue weighted by molar-refractivity contribution is 0.0664. The van der Waals surface area contributed by atoms with Crippen LogP contribution >= 0.6 is 23.2 Å². The molecule has 0 bridgehead atoms. The molecule has 1 heterocycles. The molecule has 0 saturated carbocycles. The zero-order valence-corrected chi connectivity index (χ0v) is 15.0. The number of fused-ring (bicyclic) bond motifs is 1. The first-order valence-corrected chi connectivity index (χ1v) is 9.60. The van der Waals surface area contributed by atoms with Crippen molar-refractivity contribution in [3.05, 3.63) is 63.6 Å². The Morgan fingerprint density at radius 2 is 1.56 bits per heavy atom. The zero-order valence-electron chi connectivity index (χ0n) is 12.7. The number of anilines is 1. The van der Waals surface area contributed by atoms with Gasteiger partial charge >= 0.3 is 0 Å². The van der Waals surface area contributed by atoms with Crippen molar-refractivity contribution in [3.8, 4) is 0 Å². The van der Waals surface area contributed by atoms with E-state index >= 15 is 0 Å². The van der Waals surface area contributed by atoms with Crippen LogP contribution in [0.1, 0.15) is 20.7 Å². The molecule has 0 aliphatic carbocycles. The van der Waals surface area contributed by atoms with Crippen molar-refractivity contribution in [1.29, 1.82) is 0 Å². The first-order chi connectivity index (χ1) is 11.8. The summed E-state index contributed by atoms with van der Waals surface area (Å²) in [6.45, 7) is -0.264. The SMILES string of the molecule is O=C1c2ccccc2C(=O)N1CCS(=O)(=O)Nc1cc(Cl)ccc1Cl. The summed E-state index contributed by atoms with van der Waals surface area (Å²) in [5, 5.41) is 0.510. The van der Waals surface area contributed by atoms with E-state index in [1.807, 2.05) is 0 Å². The van der Waals surface area contributed by atoms with E-state index in [1.165, 1.54) is 30.3 Å². The molecule has 9 heteroatoms. The molecule has 2 aromatic rings. The third kappa shape index (κ3) is 3.63. The van der Waals surface area contributed by atoms with Crippen molar-refractivity contribution in [3.63, 3.8) is 0 Å². The number of carbonyl (C=O) groups is 2. The number of nitrogens with zero attached hydrogens (tertiary/aromatic N) is 1. The van der Waals surface area contributed by atoms with Crippen LogP contribution in [0.3, 0.4) is 0 Å². The molecule has 0 atom stereocenters. The van der Waals surface area contributed by atoms with Crippen molar-refractivity contribution >= 4 is 50.7 Å². The van der Waals surface area contributed by atoms with E-state index in [-0.39, 0.29) is 28.4 Å². The third-order valence-corrected chi connectivity index (χ3v) is 5.47. The lowest BCUT2D eigenvalue weighted by Crippen LogP contribution is -2.35. The minimum atomic E-state index is -3.83. The second-order valence-corrected chi connectivity index (χ2v) is 8.04. The van der Waals surface area contributed by atoms with Gasteiger partial charge in [0.15, 0.2) is 0 Å². The van der Waals surface area contributed by atoms with Gasteiger partial charge in [0.1, 0.15) is 0 Å². The van der Waals surface area contributed by atoms with Crippen LogP contribution in [0, 0.1) is 0 Å². The minimum absolute atomic E-state index is 0.136. The van der Waals surface area contributed by atoms with E-state index in [0.29, 0.717) is 5.02 Å². The van der Waals surface area contributed by atoms with Crippen molar-refractivity contribution in [2.75, 3.05) is 17.0 Å². The molecule has 2 amide bonds. The zero-order chi connectivity index (χ0) is 18.2. The lowest BCUT2D eigenvalue weighted by Gasteiger charge is -2.15. The summed E-state index contributed by atoms with van der Waals surface area (Å²) in [7, 11) is -3.83. The second kappa shape index (κ2) is 6.67. The third-order valence-electron chi connectivity index (χ3n) is 3.66. The van der Waals surface area contributed by atoms with Crippen molar-refractivity contribution in [2.24, 2.45) is 0 Å². The van der Waals surface area contributed by atoms with Crippen LogP contribution in [0.5, 0.6) is 0 Å². The van der Waals surface area contributed by atoms with Gasteiger partial charge in [-0.1, -0.05) is 35.3 Å². The Bertz CT molecular complexity index is 941. The van der Waals surface area contributed by atoms with Gasteiger partial charge < -0.3 is 0 Å². The lowest BCUT2D eigenvalue weighted by atomic mass is 10.1. The number of imide groups is 1. The molecular weight excluding hydrogens is 387 g/mol. The van der Waals surface area contributed by atoms with E-state index in [4.69, 9.17) is 23.2 Å². The summed E-state index contributed by atoms with van der Waals surface area (Å²) >= 11 is 11.8. The van der Waals surface area contributed by atoms with Gasteiger partial charge in [0.25, 0.3) is 11.8 Å². The summed E-state index contributed by atoms with van der Waals surface area (Å²) in [6.07, 6.45) is 0. The molecule has 1 aliphatic heterocycles. The fourth-order valence-electron chi connectivity index (χ4n) is 2.45. The first kappa shape index (κ1) is 17.7. The highest BCUT2D eigenvalue weighted by atomic mass is 35.5. The highest BCUT2D eigenvalue weighted by Gasteiger charge is 2.35. The highest BCUT2D eigenvalue weighted by molar-refractivity contribution is 7.92. The maximum atomic E-state index is 12.2. The molecule has 1 aliphatic rings. The van der Waals surface area contributed by atoms with Gasteiger partial charge in [-0.25, -0.2) is 8.42 Å². The number of halogens is 2. The Morgan fingerprint density at radius 3 is 2.16 bits per heavy atom. The number of sulfonamides is 1. The Morgan fingerprint density at radius 1 is 0.960 bits per heavy atom. The maximum absolute atomic E-state index is 12.2. The Labute approximate surface area is 154 Å². The van der Waals surface area contributed by atoms with Crippen LogP contribution in [0.4, 0.5) is 5.69 Å². The van der Waals surface area contributed by atoms with E-state index in [2.05, 4.69) is 4.72 Å². The van der Waals surface area contributed by atoms with Crippen LogP contribution < -0.4 is 4.72 Å². The average Bonchev–Trinajstić information content (AvgIpc) is 2.81. The molecule has 6 nitrogen and oxygen atoms in total. The molecule has 0 spiro atoms. The van der Waals surface area contributed by atoms with Crippen LogP contribution in [0.2, 0.25) is 10.0 Å². The Hall–Kier alpha value is -2.09. The fourth-order valence-corrected chi connectivity index (χ4v) is 3.87. The summed E-state index contributed by atoms with van der Waals surface area (Å²) in [5.74, 6) is -1.46. The molecule has 130 valence electrons. The highest BCUT2D eigenvalue weighted by Crippen LogP contribution is 2.27. The quantitative estimate of drug-likeness (QED) is 0.784. The normalized spacial score (nSPS) is 13.9. The monoisotopic (exact) mass is 398 g/mol. The molecular formula is C16H12Cl2N2O4S. The van der Waals surface area contributed by atoms with Crippen LogP contribution in [0.25, 0.3) is 0 Å². The van der Waals surface area contributed by atoms with Crippen molar-refractivity contribution in [1.82, 2.24) is 4.90 Å². The molecule has 25 heavy (non-hydrogen) atoms. The van der Waals surface area contributed by atoms with E-state index in [9.17, 15) is 18.0 Å². The number of rotatable bonds is 5. The molecule has 3 rings (SSSR count). The number of benzene rings is 2. The molecule has 2 aromatic carbocycles. The predicted octanol–water partition coefficient (Wildman–Crippen LogP) is 3.03. The van der Waals surface area contributed by atoms with Gasteiger partial charge in [0.2, 0.25) is 10.0 Å². The molecule has 0 saturated heterocycles. The number of hydrogen-bond acceptors (Lipinski definition) is 4. The van der Waals surface area contributed by atoms with Gasteiger partial charge in [0, 0.05) is 11.6 Å². The summed E-state index contributed by atoms with van der Waals surface area (Å²) in [6, 6.07) is 10.7. The minimum Gasteiger partial charge on any atom is -0.282 e. The smallest absolute Gasteiger partial charge is 0.261 e. The molecule has 0 radical (unpaired) electrons. The number of amides is 2. The van der Waals surface area contributed by atoms with Gasteiger partial charge in [-0.3, -0.25) is 19.2 Å². The standard InChI is InChI=1S/C16H12Cl2N2O4S/c17-10-5-6-13(18)14(9-10)19-25(23,24)8-7-20-15(21)11-3-1-2-4-12(11)16(20)22/h1-6,9,19H,7-8H2. The summed E-state index contributed by atoms with van der Waals surface area (Å²) < 4.78 is 26.8. The van der Waals surface area contributed by atoms with Crippen LogP contribution in [-0.4, -0.2) is 37.4 Å². The van der Waals surface area contributed by atoms with E-state index < -0.39 is 27.6 Å². The second-order valence-electron chi connectivity index (χ2n) is 5.35. The number of carbonyl (C=O) groups excluding carboxylic acids is 2. The number of hydrogen-bond donors (Lipinski definition) is 1. The Kier molecular flexibility index (Phi) is 4.73. The topological polar surface area (TPSA) is 83.6 Å². The molecule has 0 fully saturated rings. The predicted molar refractivity (Wildman–Crippen MR) is 95.7 cm³/mol. The van der Waals surface area contributed by atoms with E-state index in [1.54, 1.807) is 12.1 Å². The van der Waals surface area contributed by atoms with Crippen molar-refractivity contribution in [2.45, 2.75) is 0 Å². The first-order valence-electron chi connectivity index (χ1n) is 7.19. The van der Waals surface area contributed by atoms with Crippen molar-refractivity contribution < 1.29 is 18.0 Å². The van der Waals surface area contributed by atoms with Crippen LogP contribution in [-0.2, 0) is 10.0 Å². The fraction of sp³-hybridized carbons (Fsp3) is 0.125. The van der Waals surface area contributed by atoms with E-state index in [0.717, 1.165) is 4.90 Å². The summed E-state index contributed by atoms with van der Waals surface area (Å²) in [5.41, 5.74) is 0.683. The van der Waals surface area contributed by atoms with Gasteiger partial charge in [0.05, 0.1) is 27.6 Å².